The fourth-order valence-electron chi connectivity index (χ4n) is 2.86. The molecule has 2 unspecified atom stereocenters. The number of benzene rings is 2. The van der Waals surface area contributed by atoms with Crippen LogP contribution in [0.1, 0.15) is 43.9 Å². The Kier molecular flexibility index (Phi) is 9.92. The molecule has 2 aromatic carbocycles. The first-order chi connectivity index (χ1) is 14.3. The lowest BCUT2D eigenvalue weighted by molar-refractivity contribution is -0.138. The molecule has 162 valence electrons. The van der Waals surface area contributed by atoms with E-state index in [-0.39, 0.29) is 17.9 Å². The SMILES string of the molecule is CCC(C)NC(=O)C(C)N(Cc1ccc(C)cc1)C(=O)CSCc1ccc(Br)cc1. The van der Waals surface area contributed by atoms with Crippen LogP contribution in [0.2, 0.25) is 0 Å². The molecule has 0 bridgehead atoms. The van der Waals surface area contributed by atoms with E-state index in [9.17, 15) is 9.59 Å². The normalized spacial score (nSPS) is 12.8. The number of hydrogen-bond acceptors (Lipinski definition) is 3. The maximum absolute atomic E-state index is 13.1. The van der Waals surface area contributed by atoms with Gasteiger partial charge in [0.15, 0.2) is 0 Å². The Morgan fingerprint density at radius 3 is 2.23 bits per heavy atom. The van der Waals surface area contributed by atoms with Crippen molar-refractivity contribution in [3.8, 4) is 0 Å². The summed E-state index contributed by atoms with van der Waals surface area (Å²) in [5.74, 6) is 0.959. The van der Waals surface area contributed by atoms with Gasteiger partial charge in [0.2, 0.25) is 11.8 Å². The quantitative estimate of drug-likeness (QED) is 0.489. The molecular formula is C24H31BrN2O2S. The van der Waals surface area contributed by atoms with Crippen LogP contribution in [0.25, 0.3) is 0 Å². The lowest BCUT2D eigenvalue weighted by Crippen LogP contribution is -2.50. The summed E-state index contributed by atoms with van der Waals surface area (Å²) in [5.41, 5.74) is 3.36. The van der Waals surface area contributed by atoms with Gasteiger partial charge >= 0.3 is 0 Å². The van der Waals surface area contributed by atoms with Gasteiger partial charge in [-0.05, 0) is 50.5 Å². The van der Waals surface area contributed by atoms with E-state index in [1.807, 2.05) is 76.2 Å². The van der Waals surface area contributed by atoms with Crippen molar-refractivity contribution in [1.29, 1.82) is 0 Å². The third kappa shape index (κ3) is 7.80. The molecule has 0 saturated carbocycles. The molecule has 0 heterocycles. The van der Waals surface area contributed by atoms with Crippen LogP contribution in [0.5, 0.6) is 0 Å². The van der Waals surface area contributed by atoms with Crippen LogP contribution in [-0.2, 0) is 21.9 Å². The van der Waals surface area contributed by atoms with Crippen molar-refractivity contribution in [2.45, 2.75) is 58.5 Å². The number of aryl methyl sites for hydroxylation is 1. The minimum Gasteiger partial charge on any atom is -0.352 e. The number of halogens is 1. The summed E-state index contributed by atoms with van der Waals surface area (Å²) in [6.45, 7) is 8.28. The van der Waals surface area contributed by atoms with Crippen LogP contribution in [-0.4, -0.2) is 34.6 Å². The number of amides is 2. The van der Waals surface area contributed by atoms with Gasteiger partial charge in [-0.15, -0.1) is 11.8 Å². The summed E-state index contributed by atoms with van der Waals surface area (Å²) in [5, 5.41) is 3.00. The molecular weight excluding hydrogens is 460 g/mol. The number of nitrogens with one attached hydrogen (secondary N) is 1. The number of carbonyl (C=O) groups excluding carboxylic acids is 2. The largest absolute Gasteiger partial charge is 0.352 e. The highest BCUT2D eigenvalue weighted by atomic mass is 79.9. The molecule has 6 heteroatoms. The number of rotatable bonds is 10. The molecule has 0 saturated heterocycles. The molecule has 0 spiro atoms. The fraction of sp³-hybridized carbons (Fsp3) is 0.417. The third-order valence-corrected chi connectivity index (χ3v) is 6.57. The summed E-state index contributed by atoms with van der Waals surface area (Å²) in [4.78, 5) is 27.5. The predicted octanol–water partition coefficient (Wildman–Crippen LogP) is 5.32. The molecule has 2 atom stereocenters. The Bertz CT molecular complexity index is 824. The van der Waals surface area contributed by atoms with Crippen molar-refractivity contribution in [3.63, 3.8) is 0 Å². The zero-order valence-corrected chi connectivity index (χ0v) is 20.6. The van der Waals surface area contributed by atoms with E-state index in [1.165, 1.54) is 11.1 Å². The van der Waals surface area contributed by atoms with Gasteiger partial charge in [-0.2, -0.15) is 0 Å². The maximum Gasteiger partial charge on any atom is 0.242 e. The first kappa shape index (κ1) is 24.5. The van der Waals surface area contributed by atoms with Gasteiger partial charge in [-0.25, -0.2) is 0 Å². The van der Waals surface area contributed by atoms with Crippen molar-refractivity contribution in [2.75, 3.05) is 5.75 Å². The number of carbonyl (C=O) groups is 2. The monoisotopic (exact) mass is 490 g/mol. The minimum absolute atomic E-state index is 0.0236. The predicted molar refractivity (Wildman–Crippen MR) is 129 cm³/mol. The van der Waals surface area contributed by atoms with E-state index in [2.05, 4.69) is 21.2 Å². The molecule has 2 rings (SSSR count). The van der Waals surface area contributed by atoms with Crippen molar-refractivity contribution in [1.82, 2.24) is 10.2 Å². The minimum atomic E-state index is -0.527. The molecule has 4 nitrogen and oxygen atoms in total. The van der Waals surface area contributed by atoms with Crippen LogP contribution < -0.4 is 5.32 Å². The average molecular weight is 491 g/mol. The maximum atomic E-state index is 13.1. The van der Waals surface area contributed by atoms with Gasteiger partial charge in [-0.3, -0.25) is 9.59 Å². The molecule has 30 heavy (non-hydrogen) atoms. The van der Waals surface area contributed by atoms with Crippen molar-refractivity contribution in [3.05, 3.63) is 69.7 Å². The van der Waals surface area contributed by atoms with Gasteiger partial charge in [0.1, 0.15) is 6.04 Å². The summed E-state index contributed by atoms with van der Waals surface area (Å²) < 4.78 is 1.04. The van der Waals surface area contributed by atoms with Crippen LogP contribution >= 0.6 is 27.7 Å². The standard InChI is InChI=1S/C24H31BrN2O2S/c1-5-18(3)26-24(29)19(4)27(14-20-8-6-17(2)7-9-20)23(28)16-30-15-21-10-12-22(25)13-11-21/h6-13,18-19H,5,14-16H2,1-4H3,(H,26,29). The van der Waals surface area contributed by atoms with Gasteiger partial charge in [0.05, 0.1) is 5.75 Å². The van der Waals surface area contributed by atoms with Crippen LogP contribution in [0, 0.1) is 6.92 Å². The highest BCUT2D eigenvalue weighted by Gasteiger charge is 2.26. The zero-order valence-electron chi connectivity index (χ0n) is 18.2. The highest BCUT2D eigenvalue weighted by molar-refractivity contribution is 9.10. The van der Waals surface area contributed by atoms with E-state index < -0.39 is 6.04 Å². The summed E-state index contributed by atoms with van der Waals surface area (Å²) in [6.07, 6.45) is 0.855. The van der Waals surface area contributed by atoms with E-state index in [0.29, 0.717) is 12.3 Å². The molecule has 2 aromatic rings. The van der Waals surface area contributed by atoms with Crippen molar-refractivity contribution in [2.24, 2.45) is 0 Å². The fourth-order valence-corrected chi connectivity index (χ4v) is 3.99. The molecule has 0 aliphatic heterocycles. The van der Waals surface area contributed by atoms with Gasteiger partial charge in [0, 0.05) is 22.8 Å². The lowest BCUT2D eigenvalue weighted by atomic mass is 10.1. The van der Waals surface area contributed by atoms with Crippen LogP contribution in [0.4, 0.5) is 0 Å². The third-order valence-electron chi connectivity index (χ3n) is 5.05. The average Bonchev–Trinajstić information content (AvgIpc) is 2.74. The lowest BCUT2D eigenvalue weighted by Gasteiger charge is -2.29. The smallest absolute Gasteiger partial charge is 0.242 e. The van der Waals surface area contributed by atoms with Gasteiger partial charge in [0.25, 0.3) is 0 Å². The molecule has 1 N–H and O–H groups in total. The first-order valence-electron chi connectivity index (χ1n) is 10.3. The summed E-state index contributed by atoms with van der Waals surface area (Å²) >= 11 is 5.01. The molecule has 0 aromatic heterocycles. The Labute approximate surface area is 192 Å². The Hall–Kier alpha value is -1.79. The van der Waals surface area contributed by atoms with Crippen molar-refractivity contribution < 1.29 is 9.59 Å². The number of nitrogens with zero attached hydrogens (tertiary/aromatic N) is 1. The van der Waals surface area contributed by atoms with Crippen LogP contribution in [0.15, 0.2) is 53.0 Å². The second-order valence-corrected chi connectivity index (χ2v) is 9.52. The topological polar surface area (TPSA) is 49.4 Å². The van der Waals surface area contributed by atoms with E-state index in [0.717, 1.165) is 22.2 Å². The molecule has 2 amide bonds. The number of thioether (sulfide) groups is 1. The van der Waals surface area contributed by atoms with E-state index >= 15 is 0 Å². The highest BCUT2D eigenvalue weighted by Crippen LogP contribution is 2.18. The van der Waals surface area contributed by atoms with Gasteiger partial charge in [-0.1, -0.05) is 64.8 Å². The van der Waals surface area contributed by atoms with E-state index in [1.54, 1.807) is 16.7 Å². The Balaban J connectivity index is 2.06. The second-order valence-electron chi connectivity index (χ2n) is 7.62. The summed E-state index contributed by atoms with van der Waals surface area (Å²) in [6, 6.07) is 15.8. The Morgan fingerprint density at radius 2 is 1.63 bits per heavy atom. The molecule has 0 aliphatic rings. The zero-order chi connectivity index (χ0) is 22.1. The molecule has 0 aliphatic carbocycles. The van der Waals surface area contributed by atoms with Crippen molar-refractivity contribution >= 4 is 39.5 Å². The second kappa shape index (κ2) is 12.2. The van der Waals surface area contributed by atoms with Gasteiger partial charge < -0.3 is 10.2 Å². The van der Waals surface area contributed by atoms with Crippen LogP contribution in [0.3, 0.4) is 0 Å². The number of hydrogen-bond donors (Lipinski definition) is 1. The first-order valence-corrected chi connectivity index (χ1v) is 12.2. The Morgan fingerprint density at radius 1 is 1.03 bits per heavy atom. The van der Waals surface area contributed by atoms with E-state index in [4.69, 9.17) is 0 Å². The molecule has 0 fully saturated rings. The molecule has 0 radical (unpaired) electrons. The summed E-state index contributed by atoms with van der Waals surface area (Å²) in [7, 11) is 0.